The van der Waals surface area contributed by atoms with Gasteiger partial charge in [0, 0.05) is 21.1 Å². The largest absolute Gasteiger partial charge is 0.355 e. The maximum absolute atomic E-state index is 4.88. The zero-order valence-electron chi connectivity index (χ0n) is 5.25. The van der Waals surface area contributed by atoms with Crippen molar-refractivity contribution < 1.29 is 0 Å². The van der Waals surface area contributed by atoms with E-state index in [0.717, 1.165) is 0 Å². The molecule has 0 radical (unpaired) electrons. The fourth-order valence-electron chi connectivity index (χ4n) is 0.289. The summed E-state index contributed by atoms with van der Waals surface area (Å²) < 4.78 is 1.59. The molecule has 0 aliphatic heterocycles. The number of hydrogen-bond donors (Lipinski definition) is 1. The van der Waals surface area contributed by atoms with Gasteiger partial charge in [-0.05, 0) is 12.2 Å². The van der Waals surface area contributed by atoms with E-state index >= 15 is 0 Å². The van der Waals surface area contributed by atoms with E-state index in [1.807, 2.05) is 19.0 Å². The highest BCUT2D eigenvalue weighted by molar-refractivity contribution is 7.84. The fourth-order valence-corrected chi connectivity index (χ4v) is 0.468. The summed E-state index contributed by atoms with van der Waals surface area (Å²) in [5.74, 6) is 0. The van der Waals surface area contributed by atoms with Crippen LogP contribution < -0.4 is 0 Å². The number of thiol groups is 1. The molecule has 0 aromatic carbocycles. The van der Waals surface area contributed by atoms with Gasteiger partial charge in [-0.2, -0.15) is 0 Å². The van der Waals surface area contributed by atoms with Gasteiger partial charge >= 0.3 is 0 Å². The molecule has 0 atom stereocenters. The molecule has 0 fully saturated rings. The average molecular weight is 150 g/mol. The lowest BCUT2D eigenvalue weighted by Gasteiger charge is -2.18. The van der Waals surface area contributed by atoms with E-state index < -0.39 is 0 Å². The molecule has 8 heavy (non-hydrogen) atoms. The summed E-state index contributed by atoms with van der Waals surface area (Å²) in [5.41, 5.74) is 0. The van der Waals surface area contributed by atoms with Crippen LogP contribution in [-0.2, 0) is 0 Å². The molecule has 0 unspecified atom stereocenters. The molecule has 4 heteroatoms. The van der Waals surface area contributed by atoms with Crippen LogP contribution >= 0.6 is 25.0 Å². The topological polar surface area (TPSA) is 6.48 Å². The molecule has 0 saturated heterocycles. The van der Waals surface area contributed by atoms with Crippen molar-refractivity contribution in [2.45, 2.75) is 0 Å². The number of hydrogen-bond acceptors (Lipinski definition) is 2. The van der Waals surface area contributed by atoms with Crippen LogP contribution in [0.15, 0.2) is 0 Å². The first-order valence-corrected chi connectivity index (χ1v) is 3.00. The second kappa shape index (κ2) is 3.14. The molecule has 0 aliphatic carbocycles. The minimum absolute atomic E-state index is 0.716. The minimum Gasteiger partial charge on any atom is -0.355 e. The molecule has 0 heterocycles. The zero-order valence-corrected chi connectivity index (χ0v) is 6.96. The molecular weight excluding hydrogens is 140 g/mol. The van der Waals surface area contributed by atoms with E-state index in [1.165, 1.54) is 0 Å². The third-order valence-corrected chi connectivity index (χ3v) is 1.62. The Morgan fingerprint density at radius 2 is 1.75 bits per heavy atom. The Morgan fingerprint density at radius 3 is 1.75 bits per heavy atom. The maximum Gasteiger partial charge on any atom is 0.180 e. The van der Waals surface area contributed by atoms with Crippen molar-refractivity contribution in [3.63, 3.8) is 0 Å². The Morgan fingerprint density at radius 1 is 1.38 bits per heavy atom. The molecular formula is C4H10N2S2. The minimum atomic E-state index is 0.716. The Hall–Kier alpha value is 0.0400. The van der Waals surface area contributed by atoms with E-state index in [2.05, 4.69) is 12.8 Å². The van der Waals surface area contributed by atoms with Crippen LogP contribution in [0.25, 0.3) is 0 Å². The van der Waals surface area contributed by atoms with Gasteiger partial charge in [0.1, 0.15) is 0 Å². The van der Waals surface area contributed by atoms with Crippen LogP contribution in [0.5, 0.6) is 0 Å². The van der Waals surface area contributed by atoms with Crippen molar-refractivity contribution in [3.8, 4) is 0 Å². The monoisotopic (exact) mass is 150 g/mol. The molecule has 0 saturated carbocycles. The maximum atomic E-state index is 4.88. The van der Waals surface area contributed by atoms with Crippen molar-refractivity contribution in [1.82, 2.24) is 9.21 Å². The normalized spacial score (nSPS) is 8.50. The van der Waals surface area contributed by atoms with Gasteiger partial charge in [0.15, 0.2) is 5.11 Å². The van der Waals surface area contributed by atoms with Crippen LogP contribution in [0.1, 0.15) is 0 Å². The predicted molar refractivity (Wildman–Crippen MR) is 43.0 cm³/mol. The molecule has 48 valence electrons. The highest BCUT2D eigenvalue weighted by Crippen LogP contribution is 1.92. The van der Waals surface area contributed by atoms with Gasteiger partial charge in [-0.3, -0.25) is 4.31 Å². The van der Waals surface area contributed by atoms with Gasteiger partial charge in [-0.15, -0.1) is 0 Å². The molecule has 0 aromatic heterocycles. The average Bonchev–Trinajstić information content (AvgIpc) is 1.64. The number of rotatable bonds is 0. The van der Waals surface area contributed by atoms with Gasteiger partial charge in [0.2, 0.25) is 0 Å². The summed E-state index contributed by atoms with van der Waals surface area (Å²) in [4.78, 5) is 1.82. The second-order valence-corrected chi connectivity index (χ2v) is 2.67. The summed E-state index contributed by atoms with van der Waals surface area (Å²) in [5, 5.41) is 0.716. The quantitative estimate of drug-likeness (QED) is 0.399. The van der Waals surface area contributed by atoms with Crippen molar-refractivity contribution in [2.24, 2.45) is 0 Å². The molecule has 0 aliphatic rings. The molecule has 0 amide bonds. The molecule has 0 spiro atoms. The van der Waals surface area contributed by atoms with Crippen LogP contribution in [0, 0.1) is 0 Å². The molecule has 0 bridgehead atoms. The van der Waals surface area contributed by atoms with Crippen LogP contribution in [0.3, 0.4) is 0 Å². The van der Waals surface area contributed by atoms with Gasteiger partial charge in [-0.25, -0.2) is 0 Å². The first-order valence-electron chi connectivity index (χ1n) is 2.19. The van der Waals surface area contributed by atoms with Crippen LogP contribution in [0.4, 0.5) is 0 Å². The van der Waals surface area contributed by atoms with Gasteiger partial charge in [-0.1, -0.05) is 12.8 Å². The van der Waals surface area contributed by atoms with Gasteiger partial charge < -0.3 is 4.90 Å². The van der Waals surface area contributed by atoms with Gasteiger partial charge in [0.25, 0.3) is 0 Å². The number of thiocarbonyl (C=S) groups is 1. The fraction of sp³-hybridized carbons (Fsp3) is 0.750. The first kappa shape index (κ1) is 8.04. The third-order valence-electron chi connectivity index (χ3n) is 0.659. The first-order chi connectivity index (χ1) is 3.55. The second-order valence-electron chi connectivity index (χ2n) is 1.70. The third kappa shape index (κ3) is 2.37. The summed E-state index contributed by atoms with van der Waals surface area (Å²) in [6.07, 6.45) is 0. The molecule has 2 nitrogen and oxygen atoms in total. The highest BCUT2D eigenvalue weighted by Gasteiger charge is 1.98. The lowest BCUT2D eigenvalue weighted by molar-refractivity contribution is 0.573. The Balaban J connectivity index is 3.65. The summed E-state index contributed by atoms with van der Waals surface area (Å²) in [6, 6.07) is 0. The van der Waals surface area contributed by atoms with E-state index in [4.69, 9.17) is 12.2 Å². The van der Waals surface area contributed by atoms with Crippen molar-refractivity contribution in [2.75, 3.05) is 21.1 Å². The smallest absolute Gasteiger partial charge is 0.180 e. The molecule has 0 N–H and O–H groups in total. The molecule has 0 aromatic rings. The zero-order chi connectivity index (χ0) is 6.73. The summed E-state index contributed by atoms with van der Waals surface area (Å²) >= 11 is 8.86. The number of nitrogens with zero attached hydrogens (tertiary/aromatic N) is 2. The Bertz CT molecular complexity index is 80.0. The Kier molecular flexibility index (Phi) is 3.16. The van der Waals surface area contributed by atoms with E-state index in [9.17, 15) is 0 Å². The SMILES string of the molecule is CN(C)C(=S)N(C)S. The summed E-state index contributed by atoms with van der Waals surface area (Å²) in [6.45, 7) is 0. The van der Waals surface area contributed by atoms with Crippen LogP contribution in [-0.4, -0.2) is 35.5 Å². The van der Waals surface area contributed by atoms with Crippen molar-refractivity contribution >= 4 is 30.1 Å². The lowest BCUT2D eigenvalue weighted by Crippen LogP contribution is -2.29. The van der Waals surface area contributed by atoms with Crippen molar-refractivity contribution in [1.29, 1.82) is 0 Å². The van der Waals surface area contributed by atoms with Crippen LogP contribution in [0.2, 0.25) is 0 Å². The Labute approximate surface area is 61.0 Å². The standard InChI is InChI=1S/C4H10N2S2/c1-5(2)4(7)6(3)8/h8H,1-3H3. The van der Waals surface area contributed by atoms with Crippen molar-refractivity contribution in [3.05, 3.63) is 0 Å². The molecule has 0 rings (SSSR count). The highest BCUT2D eigenvalue weighted by atomic mass is 32.1. The summed E-state index contributed by atoms with van der Waals surface area (Å²) in [7, 11) is 5.57. The van der Waals surface area contributed by atoms with E-state index in [1.54, 1.807) is 11.4 Å². The van der Waals surface area contributed by atoms with Gasteiger partial charge in [0.05, 0.1) is 0 Å². The predicted octanol–water partition coefficient (Wildman–Crippen LogP) is 0.609. The van der Waals surface area contributed by atoms with E-state index in [-0.39, 0.29) is 0 Å². The lowest BCUT2D eigenvalue weighted by atomic mass is 10.8. The van der Waals surface area contributed by atoms with E-state index in [0.29, 0.717) is 5.11 Å².